The van der Waals surface area contributed by atoms with Crippen LogP contribution in [-0.4, -0.2) is 22.5 Å². The molecule has 1 amide bonds. The molecule has 0 aromatic heterocycles. The van der Waals surface area contributed by atoms with Crippen molar-refractivity contribution in [3.63, 3.8) is 0 Å². The minimum absolute atomic E-state index is 0.0153. The minimum atomic E-state index is -1.43. The maximum Gasteiger partial charge on any atom is 0.257 e. The predicted octanol–water partition coefficient (Wildman–Crippen LogP) is 4.95. The summed E-state index contributed by atoms with van der Waals surface area (Å²) in [5.41, 5.74) is 1.10. The zero-order chi connectivity index (χ0) is 22.4. The van der Waals surface area contributed by atoms with E-state index in [9.17, 15) is 14.7 Å². The Kier molecular flexibility index (Phi) is 6.21. The first kappa shape index (κ1) is 23.0. The van der Waals surface area contributed by atoms with Gasteiger partial charge < -0.3 is 10.4 Å². The number of hydrogen-bond acceptors (Lipinski definition) is 3. The Hall–Kier alpha value is -1.68. The van der Waals surface area contributed by atoms with E-state index >= 15 is 0 Å². The molecule has 3 rings (SSSR count). The number of amides is 1. The van der Waals surface area contributed by atoms with Crippen LogP contribution in [0.25, 0.3) is 0 Å². The van der Waals surface area contributed by atoms with Crippen LogP contribution in [0.1, 0.15) is 74.1 Å². The lowest BCUT2D eigenvalue weighted by Crippen LogP contribution is -2.48. The van der Waals surface area contributed by atoms with Gasteiger partial charge in [0.2, 0.25) is 0 Å². The van der Waals surface area contributed by atoms with Gasteiger partial charge in [0.05, 0.1) is 5.57 Å². The van der Waals surface area contributed by atoms with Crippen LogP contribution in [0.5, 0.6) is 0 Å². The van der Waals surface area contributed by atoms with Crippen molar-refractivity contribution in [2.24, 2.45) is 35.0 Å². The molecule has 166 valence electrons. The molecular formula is C26H39NO3. The van der Waals surface area contributed by atoms with Gasteiger partial charge in [-0.2, -0.15) is 0 Å². The van der Waals surface area contributed by atoms with Crippen molar-refractivity contribution in [2.75, 3.05) is 0 Å². The van der Waals surface area contributed by atoms with Crippen LogP contribution in [0.15, 0.2) is 34.9 Å². The van der Waals surface area contributed by atoms with Gasteiger partial charge in [-0.15, -0.1) is 0 Å². The summed E-state index contributed by atoms with van der Waals surface area (Å²) in [6, 6.07) is 0. The number of allylic oxidation sites excluding steroid dienone is 4. The molecule has 0 aromatic rings. The van der Waals surface area contributed by atoms with E-state index in [0.717, 1.165) is 19.3 Å². The molecule has 0 aromatic carbocycles. The summed E-state index contributed by atoms with van der Waals surface area (Å²) < 4.78 is 0. The zero-order valence-corrected chi connectivity index (χ0v) is 19.7. The molecule has 2 aliphatic carbocycles. The molecule has 6 atom stereocenters. The number of rotatable bonds is 5. The van der Waals surface area contributed by atoms with Gasteiger partial charge in [0, 0.05) is 18.3 Å². The Balaban J connectivity index is 2.06. The Morgan fingerprint density at radius 1 is 1.33 bits per heavy atom. The fraction of sp³-hybridized carbons (Fsp3) is 0.692. The normalized spacial score (nSPS) is 39.4. The molecule has 3 aliphatic rings. The van der Waals surface area contributed by atoms with Crippen LogP contribution in [0, 0.1) is 35.0 Å². The van der Waals surface area contributed by atoms with Gasteiger partial charge in [0.1, 0.15) is 0 Å². The molecule has 0 unspecified atom stereocenters. The van der Waals surface area contributed by atoms with Crippen molar-refractivity contribution in [3.05, 3.63) is 34.9 Å². The Bertz CT molecular complexity index is 820. The summed E-state index contributed by atoms with van der Waals surface area (Å²) in [6.45, 7) is 14.8. The molecule has 4 heteroatoms. The highest BCUT2D eigenvalue weighted by atomic mass is 16.3. The molecule has 1 aliphatic heterocycles. The van der Waals surface area contributed by atoms with E-state index in [1.54, 1.807) is 0 Å². The van der Waals surface area contributed by atoms with Gasteiger partial charge in [-0.05, 0) is 62.9 Å². The summed E-state index contributed by atoms with van der Waals surface area (Å²) in [6.07, 6.45) is 9.58. The fourth-order valence-corrected chi connectivity index (χ4v) is 6.53. The number of fused-ring (bicyclic) bond motifs is 1. The van der Waals surface area contributed by atoms with E-state index in [1.807, 2.05) is 20.8 Å². The Morgan fingerprint density at radius 2 is 2.00 bits per heavy atom. The second-order valence-corrected chi connectivity index (χ2v) is 10.8. The summed E-state index contributed by atoms with van der Waals surface area (Å²) in [5.74, 6) is 0.258. The summed E-state index contributed by atoms with van der Waals surface area (Å²) in [5, 5.41) is 13.5. The number of carbonyl (C=O) groups excluding carboxylic acids is 2. The van der Waals surface area contributed by atoms with E-state index in [-0.39, 0.29) is 40.4 Å². The number of hydrogen-bond donors (Lipinski definition) is 2. The molecule has 4 nitrogen and oxygen atoms in total. The Morgan fingerprint density at radius 3 is 2.60 bits per heavy atom. The number of aliphatic hydroxyl groups is 1. The lowest BCUT2D eigenvalue weighted by atomic mass is 9.52. The third-order valence-electron chi connectivity index (χ3n) is 7.64. The van der Waals surface area contributed by atoms with Gasteiger partial charge >= 0.3 is 0 Å². The number of ketones is 1. The van der Waals surface area contributed by atoms with Gasteiger partial charge in [0.15, 0.2) is 11.5 Å². The quantitative estimate of drug-likeness (QED) is 0.495. The van der Waals surface area contributed by atoms with E-state index in [4.69, 9.17) is 0 Å². The number of carbonyl (C=O) groups is 2. The molecule has 2 N–H and O–H groups in total. The summed E-state index contributed by atoms with van der Waals surface area (Å²) in [7, 11) is 0. The third-order valence-corrected chi connectivity index (χ3v) is 7.64. The summed E-state index contributed by atoms with van der Waals surface area (Å²) in [4.78, 5) is 26.7. The average Bonchev–Trinajstić information content (AvgIpc) is 2.91. The number of nitrogens with one attached hydrogen (secondary N) is 1. The molecule has 0 saturated heterocycles. The van der Waals surface area contributed by atoms with Crippen molar-refractivity contribution < 1.29 is 14.7 Å². The first-order chi connectivity index (χ1) is 13.9. The molecular weight excluding hydrogens is 374 g/mol. The topological polar surface area (TPSA) is 66.4 Å². The highest BCUT2D eigenvalue weighted by Gasteiger charge is 2.52. The maximum absolute atomic E-state index is 13.9. The van der Waals surface area contributed by atoms with Crippen molar-refractivity contribution in [3.8, 4) is 0 Å². The third kappa shape index (κ3) is 4.08. The van der Waals surface area contributed by atoms with Gasteiger partial charge in [-0.3, -0.25) is 9.59 Å². The molecule has 30 heavy (non-hydrogen) atoms. The highest BCUT2D eigenvalue weighted by Crippen LogP contribution is 2.56. The van der Waals surface area contributed by atoms with Gasteiger partial charge in [0.25, 0.3) is 5.91 Å². The van der Waals surface area contributed by atoms with E-state index in [2.05, 4.69) is 45.2 Å². The molecule has 1 heterocycles. The monoisotopic (exact) mass is 413 g/mol. The minimum Gasteiger partial charge on any atom is -0.367 e. The van der Waals surface area contributed by atoms with Crippen LogP contribution in [0.3, 0.4) is 0 Å². The first-order valence-corrected chi connectivity index (χ1v) is 11.5. The van der Waals surface area contributed by atoms with E-state index in [1.165, 1.54) is 17.2 Å². The highest BCUT2D eigenvalue weighted by molar-refractivity contribution is 6.22. The van der Waals surface area contributed by atoms with Gasteiger partial charge in [-0.1, -0.05) is 57.4 Å². The van der Waals surface area contributed by atoms with Crippen molar-refractivity contribution in [2.45, 2.75) is 79.9 Å². The van der Waals surface area contributed by atoms with Crippen LogP contribution in [0.2, 0.25) is 0 Å². The van der Waals surface area contributed by atoms with Crippen molar-refractivity contribution in [1.29, 1.82) is 0 Å². The van der Waals surface area contributed by atoms with Crippen molar-refractivity contribution >= 4 is 11.7 Å². The molecule has 0 spiro atoms. The first-order valence-electron chi connectivity index (χ1n) is 11.5. The van der Waals surface area contributed by atoms with E-state index < -0.39 is 11.6 Å². The smallest absolute Gasteiger partial charge is 0.257 e. The van der Waals surface area contributed by atoms with E-state index in [0.29, 0.717) is 12.3 Å². The fourth-order valence-electron chi connectivity index (χ4n) is 6.53. The van der Waals surface area contributed by atoms with Gasteiger partial charge in [-0.25, -0.2) is 0 Å². The van der Waals surface area contributed by atoms with Crippen LogP contribution >= 0.6 is 0 Å². The largest absolute Gasteiger partial charge is 0.367 e. The predicted molar refractivity (Wildman–Crippen MR) is 120 cm³/mol. The van der Waals surface area contributed by atoms with Crippen LogP contribution in [-0.2, 0) is 9.59 Å². The zero-order valence-electron chi connectivity index (χ0n) is 19.7. The second kappa shape index (κ2) is 8.11. The standard InChI is InChI=1S/C26H39NO3/c1-8-17(5)21-18(6)13-25(7)12-16(4)9-10-20(25)22(21)23(28)19-14-26(30,11-15(2)3)27-24(19)29/h8,13-16,20-22,30H,9-12H2,1-7H3,(H,27,29)/b17-8+/t16-,20+,21-,22+,25+,26-/m1/s1. The maximum atomic E-state index is 13.9. The van der Waals surface area contributed by atoms with Crippen LogP contribution < -0.4 is 5.32 Å². The molecule has 0 bridgehead atoms. The lowest BCUT2D eigenvalue weighted by Gasteiger charge is -2.52. The molecule has 0 radical (unpaired) electrons. The van der Waals surface area contributed by atoms with Crippen molar-refractivity contribution in [1.82, 2.24) is 5.32 Å². The summed E-state index contributed by atoms with van der Waals surface area (Å²) >= 11 is 0. The molecule has 1 saturated carbocycles. The second-order valence-electron chi connectivity index (χ2n) is 10.8. The Labute approximate surface area is 181 Å². The number of Topliss-reactive ketones (excluding diaryl/α,β-unsaturated/α-hetero) is 1. The van der Waals surface area contributed by atoms with Crippen LogP contribution in [0.4, 0.5) is 0 Å². The SMILES string of the molecule is C/C=C(\C)[C@@H]1C(C)=C[C@]2(C)C[C@H](C)CC[C@H]2[C@@H]1C(=O)C1=C[C@](O)(CC(C)C)NC1=O. The molecule has 1 fully saturated rings. The lowest BCUT2D eigenvalue weighted by molar-refractivity contribution is -0.129. The average molecular weight is 414 g/mol.